The lowest BCUT2D eigenvalue weighted by Crippen LogP contribution is -2.52. The maximum Gasteiger partial charge on any atom is 0.0951 e. The van der Waals surface area contributed by atoms with Gasteiger partial charge < -0.3 is 19.5 Å². The largest absolute Gasteiger partial charge is 0.380 e. The van der Waals surface area contributed by atoms with Crippen molar-refractivity contribution in [1.82, 2.24) is 5.32 Å². The van der Waals surface area contributed by atoms with Crippen LogP contribution in [0.3, 0.4) is 0 Å². The van der Waals surface area contributed by atoms with Crippen LogP contribution in [-0.2, 0) is 14.2 Å². The number of rotatable bonds is 6. The summed E-state index contributed by atoms with van der Waals surface area (Å²) in [6.07, 6.45) is 3.21. The van der Waals surface area contributed by atoms with E-state index in [4.69, 9.17) is 14.2 Å². The maximum absolute atomic E-state index is 5.98. The van der Waals surface area contributed by atoms with Crippen molar-refractivity contribution in [3.8, 4) is 0 Å². The Morgan fingerprint density at radius 3 is 2.84 bits per heavy atom. The molecule has 2 saturated heterocycles. The minimum absolute atomic E-state index is 0.0109. The Labute approximate surface area is 117 Å². The van der Waals surface area contributed by atoms with Crippen molar-refractivity contribution in [2.45, 2.75) is 57.7 Å². The number of hydrogen-bond acceptors (Lipinski definition) is 4. The van der Waals surface area contributed by atoms with Crippen molar-refractivity contribution in [2.75, 3.05) is 33.0 Å². The van der Waals surface area contributed by atoms with Gasteiger partial charge in [0.05, 0.1) is 18.8 Å². The summed E-state index contributed by atoms with van der Waals surface area (Å²) < 4.78 is 17.1. The highest BCUT2D eigenvalue weighted by atomic mass is 16.6. The van der Waals surface area contributed by atoms with Gasteiger partial charge in [0.2, 0.25) is 0 Å². The molecule has 0 bridgehead atoms. The molecule has 3 atom stereocenters. The van der Waals surface area contributed by atoms with E-state index in [1.165, 1.54) is 0 Å². The zero-order chi connectivity index (χ0) is 13.7. The van der Waals surface area contributed by atoms with Crippen molar-refractivity contribution in [2.24, 2.45) is 5.92 Å². The Morgan fingerprint density at radius 2 is 2.21 bits per heavy atom. The number of nitrogens with one attached hydrogen (secondary N) is 1. The Morgan fingerprint density at radius 1 is 1.37 bits per heavy atom. The van der Waals surface area contributed by atoms with Gasteiger partial charge in [0.1, 0.15) is 0 Å². The average molecular weight is 271 g/mol. The molecule has 0 radical (unpaired) electrons. The van der Waals surface area contributed by atoms with E-state index >= 15 is 0 Å². The molecule has 1 spiro atoms. The SMILES string of the molecule is CCOCC(NC1CCOC2(CCOC2)C1)C(C)C. The van der Waals surface area contributed by atoms with Gasteiger partial charge in [0.15, 0.2) is 0 Å². The van der Waals surface area contributed by atoms with Crippen molar-refractivity contribution in [3.63, 3.8) is 0 Å². The third-order valence-electron chi connectivity index (χ3n) is 4.32. The van der Waals surface area contributed by atoms with Crippen LogP contribution in [0.2, 0.25) is 0 Å². The second kappa shape index (κ2) is 7.02. The molecule has 3 unspecified atom stereocenters. The van der Waals surface area contributed by atoms with Crippen molar-refractivity contribution >= 4 is 0 Å². The summed E-state index contributed by atoms with van der Waals surface area (Å²) in [7, 11) is 0. The summed E-state index contributed by atoms with van der Waals surface area (Å²) in [4.78, 5) is 0. The van der Waals surface area contributed by atoms with Gasteiger partial charge >= 0.3 is 0 Å². The van der Waals surface area contributed by atoms with Crippen molar-refractivity contribution in [3.05, 3.63) is 0 Å². The first-order chi connectivity index (χ1) is 9.15. The summed E-state index contributed by atoms with van der Waals surface area (Å²) in [5.74, 6) is 0.588. The van der Waals surface area contributed by atoms with Crippen molar-refractivity contribution < 1.29 is 14.2 Å². The van der Waals surface area contributed by atoms with Gasteiger partial charge in [-0.05, 0) is 25.7 Å². The molecule has 2 aliphatic rings. The number of hydrogen-bond donors (Lipinski definition) is 1. The molecule has 0 aliphatic carbocycles. The third kappa shape index (κ3) is 4.15. The van der Waals surface area contributed by atoms with E-state index in [0.717, 1.165) is 52.3 Å². The molecule has 0 saturated carbocycles. The molecule has 0 aromatic carbocycles. The summed E-state index contributed by atoms with van der Waals surface area (Å²) in [6, 6.07) is 0.964. The monoisotopic (exact) mass is 271 g/mol. The van der Waals surface area contributed by atoms with Crippen LogP contribution in [-0.4, -0.2) is 50.7 Å². The Hall–Kier alpha value is -0.160. The first kappa shape index (κ1) is 15.2. The first-order valence-electron chi connectivity index (χ1n) is 7.71. The molecule has 112 valence electrons. The van der Waals surface area contributed by atoms with E-state index in [1.54, 1.807) is 0 Å². The molecule has 4 heteroatoms. The Kier molecular flexibility index (Phi) is 5.63. The molecule has 1 N–H and O–H groups in total. The quantitative estimate of drug-likeness (QED) is 0.802. The molecule has 0 amide bonds. The average Bonchev–Trinajstić information content (AvgIpc) is 2.82. The Bertz CT molecular complexity index is 264. The summed E-state index contributed by atoms with van der Waals surface area (Å²) in [5.41, 5.74) is -0.0109. The van der Waals surface area contributed by atoms with E-state index in [-0.39, 0.29) is 5.60 Å². The highest BCUT2D eigenvalue weighted by molar-refractivity contribution is 4.93. The van der Waals surface area contributed by atoms with Gasteiger partial charge in [0, 0.05) is 38.3 Å². The molecule has 2 aliphatic heterocycles. The fourth-order valence-corrected chi connectivity index (χ4v) is 3.01. The standard InChI is InChI=1S/C15H29NO3/c1-4-17-10-14(12(2)3)16-13-5-7-19-15(9-13)6-8-18-11-15/h12-14,16H,4-11H2,1-3H3. The van der Waals surface area contributed by atoms with Crippen LogP contribution < -0.4 is 5.32 Å². The molecule has 0 aromatic heterocycles. The van der Waals surface area contributed by atoms with Crippen LogP contribution in [0.4, 0.5) is 0 Å². The molecule has 2 heterocycles. The highest BCUT2D eigenvalue weighted by Crippen LogP contribution is 2.33. The lowest BCUT2D eigenvalue weighted by atomic mass is 9.88. The van der Waals surface area contributed by atoms with Crippen molar-refractivity contribution in [1.29, 1.82) is 0 Å². The van der Waals surface area contributed by atoms with Gasteiger partial charge in [-0.25, -0.2) is 0 Å². The lowest BCUT2D eigenvalue weighted by molar-refractivity contribution is -0.0918. The first-order valence-corrected chi connectivity index (χ1v) is 7.71. The predicted octanol–water partition coefficient (Wildman–Crippen LogP) is 1.98. The van der Waals surface area contributed by atoms with E-state index < -0.39 is 0 Å². The van der Waals surface area contributed by atoms with Gasteiger partial charge in [-0.2, -0.15) is 0 Å². The summed E-state index contributed by atoms with van der Waals surface area (Å²) >= 11 is 0. The second-order valence-electron chi connectivity index (χ2n) is 6.20. The smallest absolute Gasteiger partial charge is 0.0951 e. The van der Waals surface area contributed by atoms with Crippen LogP contribution in [0.1, 0.15) is 40.0 Å². The van der Waals surface area contributed by atoms with Crippen LogP contribution in [0.15, 0.2) is 0 Å². The van der Waals surface area contributed by atoms with Crippen LogP contribution in [0.25, 0.3) is 0 Å². The van der Waals surface area contributed by atoms with E-state index in [1.807, 2.05) is 0 Å². The van der Waals surface area contributed by atoms with E-state index in [9.17, 15) is 0 Å². The zero-order valence-corrected chi connectivity index (χ0v) is 12.6. The minimum Gasteiger partial charge on any atom is -0.380 e. The molecule has 0 aromatic rings. The van der Waals surface area contributed by atoms with Crippen LogP contribution >= 0.6 is 0 Å². The van der Waals surface area contributed by atoms with Gasteiger partial charge in [0.25, 0.3) is 0 Å². The van der Waals surface area contributed by atoms with Crippen LogP contribution in [0, 0.1) is 5.92 Å². The molecule has 2 rings (SSSR count). The van der Waals surface area contributed by atoms with Gasteiger partial charge in [-0.15, -0.1) is 0 Å². The third-order valence-corrected chi connectivity index (χ3v) is 4.32. The highest BCUT2D eigenvalue weighted by Gasteiger charge is 2.41. The van der Waals surface area contributed by atoms with E-state index in [0.29, 0.717) is 18.0 Å². The zero-order valence-electron chi connectivity index (χ0n) is 12.6. The van der Waals surface area contributed by atoms with Gasteiger partial charge in [-0.3, -0.25) is 0 Å². The van der Waals surface area contributed by atoms with E-state index in [2.05, 4.69) is 26.1 Å². The predicted molar refractivity (Wildman–Crippen MR) is 75.4 cm³/mol. The fraction of sp³-hybridized carbons (Fsp3) is 1.00. The maximum atomic E-state index is 5.98. The lowest BCUT2D eigenvalue weighted by Gasteiger charge is -2.39. The molecule has 4 nitrogen and oxygen atoms in total. The Balaban J connectivity index is 1.85. The molecular formula is C15H29NO3. The molecule has 19 heavy (non-hydrogen) atoms. The fourth-order valence-electron chi connectivity index (χ4n) is 3.01. The minimum atomic E-state index is -0.0109. The molecular weight excluding hydrogens is 242 g/mol. The summed E-state index contributed by atoms with van der Waals surface area (Å²) in [5, 5.41) is 3.78. The summed E-state index contributed by atoms with van der Waals surface area (Å²) in [6.45, 7) is 10.6. The number of ether oxygens (including phenoxy) is 3. The van der Waals surface area contributed by atoms with Crippen LogP contribution in [0.5, 0.6) is 0 Å². The molecule has 2 fully saturated rings. The normalized spacial score (nSPS) is 33.2. The second-order valence-corrected chi connectivity index (χ2v) is 6.20. The topological polar surface area (TPSA) is 39.7 Å². The van der Waals surface area contributed by atoms with Gasteiger partial charge in [-0.1, -0.05) is 13.8 Å².